The number of nitrogens with zero attached hydrogens (tertiary/aromatic N) is 3. The highest BCUT2D eigenvalue weighted by Gasteiger charge is 2.38. The van der Waals surface area contributed by atoms with Crippen LogP contribution in [0.25, 0.3) is 0 Å². The standard InChI is InChI=1S/C18H24N4O2/c1-12-6-4-5-7-14(12)8-17(23)22-9-15(11-24-3)16(10-22)18-19-13(2)20-21-18/h4-7,15-16H,8-11H2,1-3H3,(H,19,20,21). The molecule has 1 amide bonds. The molecule has 2 unspecified atom stereocenters. The number of hydrogen-bond donors (Lipinski definition) is 1. The summed E-state index contributed by atoms with van der Waals surface area (Å²) in [6.45, 7) is 5.87. The molecule has 2 heterocycles. The maximum absolute atomic E-state index is 12.7. The lowest BCUT2D eigenvalue weighted by Crippen LogP contribution is -2.30. The zero-order valence-electron chi connectivity index (χ0n) is 14.5. The fraction of sp³-hybridized carbons (Fsp3) is 0.500. The van der Waals surface area contributed by atoms with E-state index in [1.807, 2.05) is 43.0 Å². The van der Waals surface area contributed by atoms with Gasteiger partial charge in [0.25, 0.3) is 0 Å². The van der Waals surface area contributed by atoms with Gasteiger partial charge in [-0.3, -0.25) is 9.89 Å². The summed E-state index contributed by atoms with van der Waals surface area (Å²) < 4.78 is 5.35. The molecular formula is C18H24N4O2. The molecule has 1 saturated heterocycles. The molecule has 0 bridgehead atoms. The second-order valence-electron chi connectivity index (χ2n) is 6.50. The minimum atomic E-state index is 0.121. The minimum absolute atomic E-state index is 0.121. The predicted octanol–water partition coefficient (Wildman–Crippen LogP) is 1.85. The lowest BCUT2D eigenvalue weighted by molar-refractivity contribution is -0.129. The summed E-state index contributed by atoms with van der Waals surface area (Å²) >= 11 is 0. The van der Waals surface area contributed by atoms with Gasteiger partial charge in [0, 0.05) is 32.0 Å². The normalized spacial score (nSPS) is 20.5. The van der Waals surface area contributed by atoms with Crippen molar-refractivity contribution in [2.24, 2.45) is 5.92 Å². The number of benzene rings is 1. The smallest absolute Gasteiger partial charge is 0.227 e. The monoisotopic (exact) mass is 328 g/mol. The largest absolute Gasteiger partial charge is 0.384 e. The van der Waals surface area contributed by atoms with E-state index in [0.29, 0.717) is 26.1 Å². The highest BCUT2D eigenvalue weighted by atomic mass is 16.5. The van der Waals surface area contributed by atoms with Crippen molar-refractivity contribution >= 4 is 5.91 Å². The summed E-state index contributed by atoms with van der Waals surface area (Å²) in [5.41, 5.74) is 2.24. The molecule has 0 radical (unpaired) electrons. The summed E-state index contributed by atoms with van der Waals surface area (Å²) in [6.07, 6.45) is 0.437. The quantitative estimate of drug-likeness (QED) is 0.909. The minimum Gasteiger partial charge on any atom is -0.384 e. The molecule has 1 aromatic heterocycles. The van der Waals surface area contributed by atoms with Crippen LogP contribution in [0.3, 0.4) is 0 Å². The van der Waals surface area contributed by atoms with Crippen molar-refractivity contribution in [1.82, 2.24) is 20.1 Å². The number of nitrogens with one attached hydrogen (secondary N) is 1. The molecule has 6 nitrogen and oxygen atoms in total. The van der Waals surface area contributed by atoms with Crippen LogP contribution < -0.4 is 0 Å². The first-order chi connectivity index (χ1) is 11.6. The Hall–Kier alpha value is -2.21. The number of carbonyl (C=O) groups is 1. The van der Waals surface area contributed by atoms with Gasteiger partial charge in [0.15, 0.2) is 5.82 Å². The number of rotatable bonds is 5. The van der Waals surface area contributed by atoms with Gasteiger partial charge in [-0.15, -0.1) is 0 Å². The number of hydrogen-bond acceptors (Lipinski definition) is 4. The lowest BCUT2D eigenvalue weighted by atomic mass is 9.96. The van der Waals surface area contributed by atoms with Crippen molar-refractivity contribution in [1.29, 1.82) is 0 Å². The number of likely N-dealkylation sites (tertiary alicyclic amines) is 1. The van der Waals surface area contributed by atoms with Crippen molar-refractivity contribution in [3.8, 4) is 0 Å². The summed E-state index contributed by atoms with van der Waals surface area (Å²) in [7, 11) is 1.69. The van der Waals surface area contributed by atoms with Crippen molar-refractivity contribution < 1.29 is 9.53 Å². The van der Waals surface area contributed by atoms with E-state index in [4.69, 9.17) is 4.74 Å². The van der Waals surface area contributed by atoms with Crippen LogP contribution in [0.1, 0.15) is 28.7 Å². The molecule has 2 atom stereocenters. The van der Waals surface area contributed by atoms with Gasteiger partial charge in [0.2, 0.25) is 5.91 Å². The third kappa shape index (κ3) is 3.48. The molecule has 3 rings (SSSR count). The fourth-order valence-corrected chi connectivity index (χ4v) is 3.36. The zero-order chi connectivity index (χ0) is 17.1. The Morgan fingerprint density at radius 1 is 1.33 bits per heavy atom. The first-order valence-corrected chi connectivity index (χ1v) is 8.28. The average molecular weight is 328 g/mol. The summed E-state index contributed by atoms with van der Waals surface area (Å²) in [5, 5.41) is 7.19. The SMILES string of the molecule is COCC1CN(C(=O)Cc2ccccc2C)CC1c1n[nH]c(C)n1. The lowest BCUT2D eigenvalue weighted by Gasteiger charge is -2.17. The van der Waals surface area contributed by atoms with Crippen LogP contribution in [0.4, 0.5) is 0 Å². The maximum Gasteiger partial charge on any atom is 0.227 e. The van der Waals surface area contributed by atoms with Crippen molar-refractivity contribution in [2.45, 2.75) is 26.2 Å². The molecule has 128 valence electrons. The van der Waals surface area contributed by atoms with E-state index in [1.165, 1.54) is 0 Å². The number of methoxy groups -OCH3 is 1. The van der Waals surface area contributed by atoms with Crippen LogP contribution in [-0.2, 0) is 16.0 Å². The van der Waals surface area contributed by atoms with E-state index in [-0.39, 0.29) is 17.7 Å². The molecule has 0 aliphatic carbocycles. The third-order valence-electron chi connectivity index (χ3n) is 4.72. The van der Waals surface area contributed by atoms with E-state index in [0.717, 1.165) is 22.8 Å². The van der Waals surface area contributed by atoms with Crippen molar-refractivity contribution in [3.63, 3.8) is 0 Å². The van der Waals surface area contributed by atoms with Gasteiger partial charge in [-0.05, 0) is 25.0 Å². The molecule has 0 spiro atoms. The van der Waals surface area contributed by atoms with E-state index in [9.17, 15) is 4.79 Å². The van der Waals surface area contributed by atoms with Crippen LogP contribution in [-0.4, -0.2) is 52.8 Å². The van der Waals surface area contributed by atoms with Crippen LogP contribution in [0.5, 0.6) is 0 Å². The van der Waals surface area contributed by atoms with Crippen LogP contribution in [0, 0.1) is 19.8 Å². The number of carbonyl (C=O) groups excluding carboxylic acids is 1. The second-order valence-corrected chi connectivity index (χ2v) is 6.50. The molecule has 24 heavy (non-hydrogen) atoms. The highest BCUT2D eigenvalue weighted by molar-refractivity contribution is 5.79. The zero-order valence-corrected chi connectivity index (χ0v) is 14.5. The number of aryl methyl sites for hydroxylation is 2. The Morgan fingerprint density at radius 2 is 2.12 bits per heavy atom. The van der Waals surface area contributed by atoms with E-state index in [2.05, 4.69) is 15.2 Å². The van der Waals surface area contributed by atoms with E-state index in [1.54, 1.807) is 7.11 Å². The number of aromatic nitrogens is 3. The average Bonchev–Trinajstić information content (AvgIpc) is 3.16. The van der Waals surface area contributed by atoms with Crippen LogP contribution in [0.15, 0.2) is 24.3 Å². The van der Waals surface area contributed by atoms with Gasteiger partial charge in [0.05, 0.1) is 13.0 Å². The van der Waals surface area contributed by atoms with Gasteiger partial charge in [-0.2, -0.15) is 5.10 Å². The van der Waals surface area contributed by atoms with Gasteiger partial charge in [-0.25, -0.2) is 4.98 Å². The Morgan fingerprint density at radius 3 is 2.79 bits per heavy atom. The Kier molecular flexibility index (Phi) is 4.94. The third-order valence-corrected chi connectivity index (χ3v) is 4.72. The van der Waals surface area contributed by atoms with Crippen molar-refractivity contribution in [2.75, 3.05) is 26.8 Å². The number of aromatic amines is 1. The first kappa shape index (κ1) is 16.6. The summed E-state index contributed by atoms with van der Waals surface area (Å²) in [4.78, 5) is 19.1. The molecular weight excluding hydrogens is 304 g/mol. The fourth-order valence-electron chi connectivity index (χ4n) is 3.36. The predicted molar refractivity (Wildman–Crippen MR) is 90.7 cm³/mol. The van der Waals surface area contributed by atoms with E-state index < -0.39 is 0 Å². The first-order valence-electron chi connectivity index (χ1n) is 8.28. The van der Waals surface area contributed by atoms with Gasteiger partial charge in [0.1, 0.15) is 5.82 Å². The molecule has 1 fully saturated rings. The Bertz CT molecular complexity index is 713. The van der Waals surface area contributed by atoms with Crippen LogP contribution in [0.2, 0.25) is 0 Å². The Labute approximate surface area is 142 Å². The molecule has 1 aromatic carbocycles. The molecule has 1 N–H and O–H groups in total. The highest BCUT2D eigenvalue weighted by Crippen LogP contribution is 2.31. The van der Waals surface area contributed by atoms with Gasteiger partial charge in [-0.1, -0.05) is 24.3 Å². The maximum atomic E-state index is 12.7. The molecule has 1 aliphatic heterocycles. The summed E-state index contributed by atoms with van der Waals surface area (Å²) in [5.74, 6) is 2.08. The topological polar surface area (TPSA) is 71.1 Å². The molecule has 2 aromatic rings. The second kappa shape index (κ2) is 7.13. The molecule has 0 saturated carbocycles. The van der Waals surface area contributed by atoms with Crippen molar-refractivity contribution in [3.05, 3.63) is 47.0 Å². The Balaban J connectivity index is 1.72. The summed E-state index contributed by atoms with van der Waals surface area (Å²) in [6, 6.07) is 8.04. The number of H-pyrrole nitrogens is 1. The van der Waals surface area contributed by atoms with E-state index >= 15 is 0 Å². The van der Waals surface area contributed by atoms with Gasteiger partial charge >= 0.3 is 0 Å². The number of amides is 1. The number of ether oxygens (including phenoxy) is 1. The molecule has 1 aliphatic rings. The molecule has 6 heteroatoms. The van der Waals surface area contributed by atoms with Crippen LogP contribution >= 0.6 is 0 Å². The van der Waals surface area contributed by atoms with Gasteiger partial charge < -0.3 is 9.64 Å².